The van der Waals surface area contributed by atoms with Gasteiger partial charge in [-0.2, -0.15) is 0 Å². The first-order valence-electron chi connectivity index (χ1n) is 7.40. The molecule has 3 rings (SSSR count). The molecule has 3 aromatic rings. The van der Waals surface area contributed by atoms with E-state index in [2.05, 4.69) is 14.9 Å². The van der Waals surface area contributed by atoms with E-state index in [1.807, 2.05) is 26.8 Å². The first kappa shape index (κ1) is 16.7. The number of aryl methyl sites for hydroxylation is 3. The molecule has 6 nitrogen and oxygen atoms in total. The third-order valence-electron chi connectivity index (χ3n) is 3.33. The van der Waals surface area contributed by atoms with Gasteiger partial charge in [-0.3, -0.25) is 4.72 Å². The van der Waals surface area contributed by atoms with Crippen molar-refractivity contribution in [3.8, 4) is 11.5 Å². The second kappa shape index (κ2) is 6.37. The molecular formula is C16H17N3O3S2. The number of anilines is 1. The summed E-state index contributed by atoms with van der Waals surface area (Å²) in [6.45, 7) is 5.76. The smallest absolute Gasteiger partial charge is 0.271 e. The summed E-state index contributed by atoms with van der Waals surface area (Å²) >= 11 is 1.12. The molecule has 24 heavy (non-hydrogen) atoms. The molecule has 1 N–H and O–H groups in total. The summed E-state index contributed by atoms with van der Waals surface area (Å²) in [7, 11) is -3.65. The third kappa shape index (κ3) is 3.49. The van der Waals surface area contributed by atoms with E-state index in [1.165, 1.54) is 0 Å². The van der Waals surface area contributed by atoms with Crippen LogP contribution in [0, 0.1) is 13.8 Å². The lowest BCUT2D eigenvalue weighted by atomic mass is 10.1. The van der Waals surface area contributed by atoms with Crippen LogP contribution in [0.5, 0.6) is 0 Å². The largest absolute Gasteiger partial charge is 0.421 e. The van der Waals surface area contributed by atoms with Crippen molar-refractivity contribution in [1.29, 1.82) is 0 Å². The van der Waals surface area contributed by atoms with Crippen LogP contribution in [0.25, 0.3) is 11.5 Å². The van der Waals surface area contributed by atoms with Gasteiger partial charge in [0.25, 0.3) is 10.0 Å². The zero-order valence-corrected chi connectivity index (χ0v) is 15.2. The Balaban J connectivity index is 1.87. The summed E-state index contributed by atoms with van der Waals surface area (Å²) < 4.78 is 33.4. The van der Waals surface area contributed by atoms with E-state index < -0.39 is 10.0 Å². The number of rotatable bonds is 5. The zero-order valence-electron chi connectivity index (χ0n) is 13.5. The Hall–Kier alpha value is -2.19. The molecular weight excluding hydrogens is 346 g/mol. The second-order valence-electron chi connectivity index (χ2n) is 5.49. The van der Waals surface area contributed by atoms with Gasteiger partial charge in [0, 0.05) is 17.5 Å². The van der Waals surface area contributed by atoms with Crippen molar-refractivity contribution < 1.29 is 12.8 Å². The lowest BCUT2D eigenvalue weighted by molar-refractivity contribution is 0.513. The van der Waals surface area contributed by atoms with Gasteiger partial charge in [0.1, 0.15) is 4.21 Å². The SMILES string of the molecule is CCc1nnc(-c2csc(S(=O)(=O)Nc3cc(C)cc(C)c3)c2)o1. The molecule has 2 heterocycles. The van der Waals surface area contributed by atoms with Crippen molar-refractivity contribution in [3.63, 3.8) is 0 Å². The average Bonchev–Trinajstić information content (AvgIpc) is 3.15. The minimum absolute atomic E-state index is 0.202. The number of nitrogens with one attached hydrogen (secondary N) is 1. The standard InChI is InChI=1S/C16H17N3O3S2/c1-4-14-17-18-16(22-14)12-8-15(23-9-12)24(20,21)19-13-6-10(2)5-11(3)7-13/h5-9,19H,4H2,1-3H3. The van der Waals surface area contributed by atoms with Gasteiger partial charge >= 0.3 is 0 Å². The lowest BCUT2D eigenvalue weighted by Crippen LogP contribution is -2.11. The minimum Gasteiger partial charge on any atom is -0.421 e. The fourth-order valence-electron chi connectivity index (χ4n) is 2.32. The van der Waals surface area contributed by atoms with Crippen LogP contribution in [0.2, 0.25) is 0 Å². The number of nitrogens with zero attached hydrogens (tertiary/aromatic N) is 2. The molecule has 8 heteroatoms. The Bertz CT molecular complexity index is 954. The number of sulfonamides is 1. The highest BCUT2D eigenvalue weighted by atomic mass is 32.2. The molecule has 0 amide bonds. The van der Waals surface area contributed by atoms with Crippen LogP contribution < -0.4 is 4.72 Å². The Morgan fingerprint density at radius 2 is 1.83 bits per heavy atom. The summed E-state index contributed by atoms with van der Waals surface area (Å²) in [5.41, 5.74) is 3.15. The average molecular weight is 363 g/mol. The van der Waals surface area contributed by atoms with Crippen LogP contribution in [-0.4, -0.2) is 18.6 Å². The van der Waals surface area contributed by atoms with Crippen LogP contribution >= 0.6 is 11.3 Å². The molecule has 0 radical (unpaired) electrons. The van der Waals surface area contributed by atoms with E-state index in [4.69, 9.17) is 4.42 Å². The Morgan fingerprint density at radius 3 is 2.46 bits per heavy atom. The number of hydrogen-bond acceptors (Lipinski definition) is 6. The summed E-state index contributed by atoms with van der Waals surface area (Å²) in [5.74, 6) is 0.852. The number of thiophene rings is 1. The minimum atomic E-state index is -3.65. The van der Waals surface area contributed by atoms with Crippen molar-refractivity contribution in [2.24, 2.45) is 0 Å². The second-order valence-corrected chi connectivity index (χ2v) is 8.31. The number of hydrogen-bond donors (Lipinski definition) is 1. The van der Waals surface area contributed by atoms with Crippen LogP contribution in [0.4, 0.5) is 5.69 Å². The molecule has 0 spiro atoms. The fraction of sp³-hybridized carbons (Fsp3) is 0.250. The van der Waals surface area contributed by atoms with Gasteiger partial charge in [-0.15, -0.1) is 21.5 Å². The zero-order chi connectivity index (χ0) is 17.3. The van der Waals surface area contributed by atoms with E-state index in [0.717, 1.165) is 22.5 Å². The Morgan fingerprint density at radius 1 is 1.12 bits per heavy atom. The maximum absolute atomic E-state index is 12.6. The van der Waals surface area contributed by atoms with Crippen LogP contribution in [0.1, 0.15) is 23.9 Å². The third-order valence-corrected chi connectivity index (χ3v) is 6.15. The molecule has 0 fully saturated rings. The normalized spacial score (nSPS) is 11.6. The molecule has 126 valence electrons. The first-order chi connectivity index (χ1) is 11.4. The monoisotopic (exact) mass is 363 g/mol. The molecule has 0 saturated carbocycles. The number of benzene rings is 1. The molecule has 0 unspecified atom stereocenters. The van der Waals surface area contributed by atoms with E-state index >= 15 is 0 Å². The molecule has 0 aliphatic heterocycles. The van der Waals surface area contributed by atoms with E-state index in [0.29, 0.717) is 29.5 Å². The number of aromatic nitrogens is 2. The van der Waals surface area contributed by atoms with Crippen LogP contribution in [0.15, 0.2) is 38.3 Å². The predicted molar refractivity (Wildman–Crippen MR) is 93.7 cm³/mol. The topological polar surface area (TPSA) is 85.1 Å². The maximum Gasteiger partial charge on any atom is 0.271 e. The lowest BCUT2D eigenvalue weighted by Gasteiger charge is -2.08. The van der Waals surface area contributed by atoms with Crippen LogP contribution in [-0.2, 0) is 16.4 Å². The van der Waals surface area contributed by atoms with Gasteiger partial charge in [-0.25, -0.2) is 8.42 Å². The summed E-state index contributed by atoms with van der Waals surface area (Å²) in [6, 6.07) is 7.12. The first-order valence-corrected chi connectivity index (χ1v) is 9.76. The quantitative estimate of drug-likeness (QED) is 0.746. The molecule has 0 atom stereocenters. The van der Waals surface area contributed by atoms with Crippen molar-refractivity contribution in [1.82, 2.24) is 10.2 Å². The Kier molecular flexibility index (Phi) is 4.42. The fourth-order valence-corrected chi connectivity index (χ4v) is 4.52. The van der Waals surface area contributed by atoms with Crippen molar-refractivity contribution in [2.75, 3.05) is 4.72 Å². The maximum atomic E-state index is 12.6. The molecule has 0 aliphatic rings. The molecule has 2 aromatic heterocycles. The molecule has 0 saturated heterocycles. The highest BCUT2D eigenvalue weighted by Crippen LogP contribution is 2.29. The van der Waals surface area contributed by atoms with Crippen LogP contribution in [0.3, 0.4) is 0 Å². The Labute approximate surface area is 144 Å². The summed E-state index contributed by atoms with van der Waals surface area (Å²) in [4.78, 5) is 0. The van der Waals surface area contributed by atoms with Gasteiger partial charge in [0.2, 0.25) is 11.8 Å². The highest BCUT2D eigenvalue weighted by molar-refractivity contribution is 7.94. The molecule has 0 aliphatic carbocycles. The van der Waals surface area contributed by atoms with Gasteiger partial charge in [0.05, 0.1) is 5.56 Å². The highest BCUT2D eigenvalue weighted by Gasteiger charge is 2.19. The molecule has 1 aromatic carbocycles. The van der Waals surface area contributed by atoms with E-state index in [1.54, 1.807) is 23.6 Å². The van der Waals surface area contributed by atoms with E-state index in [-0.39, 0.29) is 4.21 Å². The summed E-state index contributed by atoms with van der Waals surface area (Å²) in [5, 5.41) is 9.52. The predicted octanol–water partition coefficient (Wildman–Crippen LogP) is 3.78. The van der Waals surface area contributed by atoms with Gasteiger partial charge in [-0.05, 0) is 43.2 Å². The van der Waals surface area contributed by atoms with Crippen molar-refractivity contribution >= 4 is 27.0 Å². The van der Waals surface area contributed by atoms with Crippen molar-refractivity contribution in [3.05, 3.63) is 46.7 Å². The molecule has 0 bridgehead atoms. The van der Waals surface area contributed by atoms with Gasteiger partial charge in [-0.1, -0.05) is 13.0 Å². The van der Waals surface area contributed by atoms with Crippen molar-refractivity contribution in [2.45, 2.75) is 31.4 Å². The summed E-state index contributed by atoms with van der Waals surface area (Å²) in [6.07, 6.45) is 0.635. The van der Waals surface area contributed by atoms with Gasteiger partial charge < -0.3 is 4.42 Å². The van der Waals surface area contributed by atoms with E-state index in [9.17, 15) is 8.42 Å². The van der Waals surface area contributed by atoms with Gasteiger partial charge in [0.15, 0.2) is 0 Å².